The second-order valence-electron chi connectivity index (χ2n) is 4.91. The third-order valence-electron chi connectivity index (χ3n) is 3.42. The minimum Gasteiger partial charge on any atom is -0.462 e. The third kappa shape index (κ3) is 3.16. The van der Waals surface area contributed by atoms with Crippen LogP contribution in [0.4, 0.5) is 5.82 Å². The molecule has 0 bridgehead atoms. The highest BCUT2D eigenvalue weighted by Crippen LogP contribution is 2.31. The van der Waals surface area contributed by atoms with Crippen LogP contribution in [-0.2, 0) is 9.47 Å². The summed E-state index contributed by atoms with van der Waals surface area (Å²) in [5, 5.41) is 5.77. The van der Waals surface area contributed by atoms with Gasteiger partial charge in [-0.3, -0.25) is 0 Å². The molecule has 0 amide bonds. The van der Waals surface area contributed by atoms with Gasteiger partial charge in [0.1, 0.15) is 10.6 Å². The molecular formula is C14H16ClN3O3S. The van der Waals surface area contributed by atoms with Gasteiger partial charge < -0.3 is 14.8 Å². The highest BCUT2D eigenvalue weighted by Gasteiger charge is 2.21. The monoisotopic (exact) mass is 341 g/mol. The average molecular weight is 342 g/mol. The molecular weight excluding hydrogens is 326 g/mol. The molecule has 0 aliphatic carbocycles. The molecule has 1 atom stereocenters. The van der Waals surface area contributed by atoms with Gasteiger partial charge in [0, 0.05) is 18.5 Å². The van der Waals surface area contributed by atoms with Gasteiger partial charge in [-0.2, -0.15) is 0 Å². The summed E-state index contributed by atoms with van der Waals surface area (Å²) in [6.07, 6.45) is 2.25. The molecule has 118 valence electrons. The fourth-order valence-corrected chi connectivity index (χ4v) is 3.54. The van der Waals surface area contributed by atoms with E-state index in [1.54, 1.807) is 12.3 Å². The maximum absolute atomic E-state index is 12.1. The van der Waals surface area contributed by atoms with E-state index in [0.29, 0.717) is 34.7 Å². The molecule has 1 fully saturated rings. The number of ether oxygens (including phenoxy) is 2. The first-order valence-corrected chi connectivity index (χ1v) is 8.42. The topological polar surface area (TPSA) is 73.3 Å². The lowest BCUT2D eigenvalue weighted by Gasteiger charge is -2.12. The summed E-state index contributed by atoms with van der Waals surface area (Å²) < 4.78 is 10.7. The van der Waals surface area contributed by atoms with Gasteiger partial charge in [-0.25, -0.2) is 14.8 Å². The lowest BCUT2D eigenvalue weighted by molar-refractivity contribution is 0.0529. The van der Waals surface area contributed by atoms with Crippen LogP contribution in [0.15, 0.2) is 5.38 Å². The molecule has 8 heteroatoms. The molecule has 0 spiro atoms. The summed E-state index contributed by atoms with van der Waals surface area (Å²) >= 11 is 7.31. The highest BCUT2D eigenvalue weighted by molar-refractivity contribution is 7.17. The normalized spacial score (nSPS) is 17.8. The molecule has 0 aromatic carbocycles. The van der Waals surface area contributed by atoms with Crippen molar-refractivity contribution < 1.29 is 14.3 Å². The molecule has 3 heterocycles. The number of anilines is 1. The molecule has 1 N–H and O–H groups in total. The quantitative estimate of drug-likeness (QED) is 0.665. The Balaban J connectivity index is 1.92. The highest BCUT2D eigenvalue weighted by atomic mass is 35.5. The fourth-order valence-electron chi connectivity index (χ4n) is 2.42. The van der Waals surface area contributed by atoms with Crippen molar-refractivity contribution in [3.8, 4) is 0 Å². The number of esters is 1. The van der Waals surface area contributed by atoms with Crippen LogP contribution in [0.1, 0.15) is 30.1 Å². The van der Waals surface area contributed by atoms with Crippen LogP contribution in [0.3, 0.4) is 0 Å². The number of carbonyl (C=O) groups excluding carboxylic acids is 1. The molecule has 22 heavy (non-hydrogen) atoms. The van der Waals surface area contributed by atoms with Gasteiger partial charge in [0.15, 0.2) is 0 Å². The Kier molecular flexibility index (Phi) is 4.75. The van der Waals surface area contributed by atoms with Crippen LogP contribution in [0.25, 0.3) is 10.2 Å². The Morgan fingerprint density at radius 1 is 1.59 bits per heavy atom. The van der Waals surface area contributed by atoms with E-state index in [0.717, 1.165) is 19.4 Å². The SMILES string of the molecule is CCOC(=O)c1csc2nc(Cl)nc(NCC3CCCO3)c12. The number of nitrogens with one attached hydrogen (secondary N) is 1. The van der Waals surface area contributed by atoms with Gasteiger partial charge in [-0.15, -0.1) is 11.3 Å². The predicted molar refractivity (Wildman–Crippen MR) is 85.8 cm³/mol. The van der Waals surface area contributed by atoms with E-state index in [1.165, 1.54) is 11.3 Å². The molecule has 2 aromatic rings. The number of halogens is 1. The Hall–Kier alpha value is -1.44. The van der Waals surface area contributed by atoms with E-state index in [1.807, 2.05) is 0 Å². The van der Waals surface area contributed by atoms with E-state index in [2.05, 4.69) is 15.3 Å². The smallest absolute Gasteiger partial charge is 0.339 e. The Morgan fingerprint density at radius 3 is 3.18 bits per heavy atom. The molecule has 6 nitrogen and oxygen atoms in total. The number of hydrogen-bond acceptors (Lipinski definition) is 7. The van der Waals surface area contributed by atoms with Crippen molar-refractivity contribution in [3.05, 3.63) is 16.2 Å². The van der Waals surface area contributed by atoms with Crippen molar-refractivity contribution in [3.63, 3.8) is 0 Å². The fraction of sp³-hybridized carbons (Fsp3) is 0.500. The van der Waals surface area contributed by atoms with Crippen molar-refractivity contribution in [2.75, 3.05) is 25.1 Å². The van der Waals surface area contributed by atoms with Crippen LogP contribution in [0.2, 0.25) is 5.28 Å². The summed E-state index contributed by atoms with van der Waals surface area (Å²) in [5.41, 5.74) is 0.466. The summed E-state index contributed by atoms with van der Waals surface area (Å²) in [7, 11) is 0. The van der Waals surface area contributed by atoms with Crippen LogP contribution >= 0.6 is 22.9 Å². The second kappa shape index (κ2) is 6.76. The molecule has 1 saturated heterocycles. The molecule has 1 unspecified atom stereocenters. The van der Waals surface area contributed by atoms with Crippen molar-refractivity contribution >= 4 is 44.9 Å². The first kappa shape index (κ1) is 15.5. The Morgan fingerprint density at radius 2 is 2.45 bits per heavy atom. The van der Waals surface area contributed by atoms with Gasteiger partial charge in [0.25, 0.3) is 0 Å². The van der Waals surface area contributed by atoms with Gasteiger partial charge in [-0.05, 0) is 31.4 Å². The van der Waals surface area contributed by atoms with Gasteiger partial charge in [0.05, 0.1) is 23.7 Å². The number of hydrogen-bond donors (Lipinski definition) is 1. The van der Waals surface area contributed by atoms with Gasteiger partial charge in [0.2, 0.25) is 5.28 Å². The minimum atomic E-state index is -0.375. The van der Waals surface area contributed by atoms with Gasteiger partial charge in [-0.1, -0.05) is 0 Å². The zero-order valence-corrected chi connectivity index (χ0v) is 13.7. The largest absolute Gasteiger partial charge is 0.462 e. The Labute approximate surface area is 136 Å². The van der Waals surface area contributed by atoms with Gasteiger partial charge >= 0.3 is 5.97 Å². The summed E-state index contributed by atoms with van der Waals surface area (Å²) in [6, 6.07) is 0. The third-order valence-corrected chi connectivity index (χ3v) is 4.46. The first-order chi connectivity index (χ1) is 10.7. The Bertz CT molecular complexity index is 685. The lowest BCUT2D eigenvalue weighted by atomic mass is 10.2. The molecule has 1 aliphatic rings. The van der Waals surface area contributed by atoms with E-state index >= 15 is 0 Å². The molecule has 2 aromatic heterocycles. The number of aromatic nitrogens is 2. The molecule has 0 saturated carbocycles. The number of carbonyl (C=O) groups is 1. The summed E-state index contributed by atoms with van der Waals surface area (Å²) in [5.74, 6) is 0.176. The maximum Gasteiger partial charge on any atom is 0.339 e. The van der Waals surface area contributed by atoms with E-state index in [9.17, 15) is 4.79 Å². The number of thiophene rings is 1. The maximum atomic E-state index is 12.1. The van der Waals surface area contributed by atoms with Crippen LogP contribution in [0.5, 0.6) is 0 Å². The van der Waals surface area contributed by atoms with Crippen LogP contribution < -0.4 is 5.32 Å². The predicted octanol–water partition coefficient (Wildman–Crippen LogP) is 3.11. The number of nitrogens with zero attached hydrogens (tertiary/aromatic N) is 2. The lowest BCUT2D eigenvalue weighted by Crippen LogP contribution is -2.19. The summed E-state index contributed by atoms with van der Waals surface area (Å²) in [6.45, 7) is 3.51. The second-order valence-corrected chi connectivity index (χ2v) is 6.10. The molecule has 3 rings (SSSR count). The number of rotatable bonds is 5. The zero-order valence-electron chi connectivity index (χ0n) is 12.1. The van der Waals surface area contributed by atoms with Crippen molar-refractivity contribution in [1.82, 2.24) is 9.97 Å². The average Bonchev–Trinajstić information content (AvgIpc) is 3.14. The zero-order chi connectivity index (χ0) is 15.5. The number of fused-ring (bicyclic) bond motifs is 1. The minimum absolute atomic E-state index is 0.152. The van der Waals surface area contributed by atoms with Crippen LogP contribution in [0, 0.1) is 0 Å². The molecule has 1 aliphatic heterocycles. The van der Waals surface area contributed by atoms with E-state index in [4.69, 9.17) is 21.1 Å². The van der Waals surface area contributed by atoms with E-state index < -0.39 is 0 Å². The first-order valence-electron chi connectivity index (χ1n) is 7.16. The van der Waals surface area contributed by atoms with Crippen molar-refractivity contribution in [1.29, 1.82) is 0 Å². The standard InChI is InChI=1S/C14H16ClN3O3S/c1-2-20-13(19)9-7-22-12-10(9)11(17-14(15)18-12)16-6-8-4-3-5-21-8/h7-8H,2-6H2,1H3,(H,16,17,18). The summed E-state index contributed by atoms with van der Waals surface area (Å²) in [4.78, 5) is 21.1. The van der Waals surface area contributed by atoms with Crippen molar-refractivity contribution in [2.45, 2.75) is 25.9 Å². The van der Waals surface area contributed by atoms with E-state index in [-0.39, 0.29) is 17.4 Å². The van der Waals surface area contributed by atoms with Crippen LogP contribution in [-0.4, -0.2) is 41.8 Å². The molecule has 0 radical (unpaired) electrons. The van der Waals surface area contributed by atoms with Crippen molar-refractivity contribution in [2.24, 2.45) is 0 Å².